The summed E-state index contributed by atoms with van der Waals surface area (Å²) in [6.07, 6.45) is -3.14. The van der Waals surface area contributed by atoms with Crippen LogP contribution in [0.25, 0.3) is 5.70 Å². The van der Waals surface area contributed by atoms with E-state index in [4.69, 9.17) is 19.3 Å². The first-order valence-electron chi connectivity index (χ1n) is 13.1. The first-order valence-corrected chi connectivity index (χ1v) is 13.9. The topological polar surface area (TPSA) is 90.7 Å². The van der Waals surface area contributed by atoms with Crippen LogP contribution in [0.1, 0.15) is 65.4 Å². The number of carbonyl (C=O) groups excluding carboxylic acids is 1. The van der Waals surface area contributed by atoms with E-state index in [2.05, 4.69) is 10.6 Å². The van der Waals surface area contributed by atoms with Crippen molar-refractivity contribution >= 4 is 22.9 Å². The first-order chi connectivity index (χ1) is 19.8. The zero-order valence-corrected chi connectivity index (χ0v) is 23.0. The Kier molecular flexibility index (Phi) is 9.20. The molecule has 1 N–H and O–H groups in total. The van der Waals surface area contributed by atoms with Crippen molar-refractivity contribution in [3.05, 3.63) is 69.4 Å². The van der Waals surface area contributed by atoms with Crippen LogP contribution >= 0.6 is 11.3 Å². The molecule has 1 aromatic carbocycles. The van der Waals surface area contributed by atoms with Crippen molar-refractivity contribution in [1.82, 2.24) is 25.1 Å². The van der Waals surface area contributed by atoms with Crippen LogP contribution in [0.4, 0.5) is 17.6 Å². The molecule has 14 heteroatoms. The van der Waals surface area contributed by atoms with E-state index in [0.29, 0.717) is 55.6 Å². The molecule has 2 aromatic heterocycles. The predicted molar refractivity (Wildman–Crippen MR) is 142 cm³/mol. The third-order valence-electron chi connectivity index (χ3n) is 6.94. The number of alkyl halides is 4. The molecule has 220 valence electrons. The van der Waals surface area contributed by atoms with Crippen LogP contribution in [-0.4, -0.2) is 59.0 Å². The SMILES string of the molecule is COCCOc1ccccc1C1C=C(c2csc(C3CCN(C(=O)Cn4nc(C(F)F)cc4C(F)F)CC3)n2)NO1. The summed E-state index contributed by atoms with van der Waals surface area (Å²) in [5.74, 6) is 0.392. The lowest BCUT2D eigenvalue weighted by Crippen LogP contribution is -2.40. The summed E-state index contributed by atoms with van der Waals surface area (Å²) in [6.45, 7) is 1.18. The Bertz CT molecular complexity index is 1370. The monoisotopic (exact) mass is 595 g/mol. The molecular formula is C27H29F4N5O4S. The predicted octanol–water partition coefficient (Wildman–Crippen LogP) is 5.26. The number of nitrogens with zero attached hydrogens (tertiary/aromatic N) is 4. The van der Waals surface area contributed by atoms with Crippen molar-refractivity contribution in [3.63, 3.8) is 0 Å². The van der Waals surface area contributed by atoms with Crippen molar-refractivity contribution in [1.29, 1.82) is 0 Å². The lowest BCUT2D eigenvalue weighted by Gasteiger charge is -2.31. The standard InChI is InChI=1S/C27H29F4N5O4S/c1-38-10-11-39-22-5-3-2-4-17(22)23-13-18(34-40-23)20-15-41-27(32-20)16-6-8-35(9-7-16)24(37)14-36-21(26(30)31)12-19(33-36)25(28)29/h2-5,12-13,15-16,23,25-26,34H,6-11,14H2,1H3. The second-order valence-electron chi connectivity index (χ2n) is 9.58. The fourth-order valence-electron chi connectivity index (χ4n) is 4.78. The van der Waals surface area contributed by atoms with Gasteiger partial charge in [0.25, 0.3) is 12.9 Å². The summed E-state index contributed by atoms with van der Waals surface area (Å²) in [4.78, 5) is 24.9. The Morgan fingerprint density at radius 2 is 1.95 bits per heavy atom. The molecule has 9 nitrogen and oxygen atoms in total. The molecule has 0 bridgehead atoms. The molecule has 41 heavy (non-hydrogen) atoms. The zero-order chi connectivity index (χ0) is 28.9. The number of methoxy groups -OCH3 is 1. The molecule has 0 aliphatic carbocycles. The number of benzene rings is 1. The van der Waals surface area contributed by atoms with Crippen LogP contribution in [0.3, 0.4) is 0 Å². The van der Waals surface area contributed by atoms with Gasteiger partial charge in [-0.15, -0.1) is 11.3 Å². The van der Waals surface area contributed by atoms with Crippen LogP contribution in [-0.2, 0) is 20.9 Å². The quantitative estimate of drug-likeness (QED) is 0.239. The highest BCUT2D eigenvalue weighted by Gasteiger charge is 2.29. The molecule has 1 atom stereocenters. The molecule has 0 radical (unpaired) electrons. The van der Waals surface area contributed by atoms with Crippen molar-refractivity contribution in [2.75, 3.05) is 33.4 Å². The normalized spacial score (nSPS) is 17.8. The van der Waals surface area contributed by atoms with Crippen LogP contribution < -0.4 is 10.2 Å². The Labute approximate surface area is 237 Å². The number of hydroxylamine groups is 1. The first kappa shape index (κ1) is 29.0. The van der Waals surface area contributed by atoms with Gasteiger partial charge in [-0.1, -0.05) is 18.2 Å². The van der Waals surface area contributed by atoms with Gasteiger partial charge in [-0.2, -0.15) is 5.10 Å². The number of amides is 1. The summed E-state index contributed by atoms with van der Waals surface area (Å²) in [5, 5.41) is 6.39. The molecule has 3 aromatic rings. The number of carbonyl (C=O) groups is 1. The minimum atomic E-state index is -3.01. The fourth-order valence-corrected chi connectivity index (χ4v) is 5.77. The molecule has 0 spiro atoms. The third kappa shape index (κ3) is 6.71. The summed E-state index contributed by atoms with van der Waals surface area (Å²) in [6, 6.07) is 8.27. The summed E-state index contributed by atoms with van der Waals surface area (Å²) in [7, 11) is 1.62. The van der Waals surface area contributed by atoms with Crippen molar-refractivity contribution in [2.45, 2.75) is 44.3 Å². The molecule has 0 saturated carbocycles. The molecule has 2 aliphatic heterocycles. The number of hydrogen-bond donors (Lipinski definition) is 1. The second kappa shape index (κ2) is 13.0. The van der Waals surface area contributed by atoms with E-state index in [0.717, 1.165) is 22.0 Å². The minimum absolute atomic E-state index is 0.123. The van der Waals surface area contributed by atoms with Gasteiger partial charge in [0.05, 0.1) is 23.0 Å². The molecule has 5 rings (SSSR count). The van der Waals surface area contributed by atoms with E-state index in [1.807, 2.05) is 35.7 Å². The number of nitrogens with one attached hydrogen (secondary N) is 1. The maximum absolute atomic E-state index is 13.3. The van der Waals surface area contributed by atoms with Gasteiger partial charge in [0.2, 0.25) is 5.91 Å². The van der Waals surface area contributed by atoms with Gasteiger partial charge in [-0.3, -0.25) is 19.8 Å². The average Bonchev–Trinajstić information content (AvgIpc) is 3.73. The smallest absolute Gasteiger partial charge is 0.282 e. The van der Waals surface area contributed by atoms with E-state index in [9.17, 15) is 22.4 Å². The number of para-hydroxylation sites is 1. The molecule has 1 amide bonds. The summed E-state index contributed by atoms with van der Waals surface area (Å²) >= 11 is 1.52. The highest BCUT2D eigenvalue weighted by atomic mass is 32.1. The lowest BCUT2D eigenvalue weighted by molar-refractivity contribution is -0.133. The largest absolute Gasteiger partial charge is 0.491 e. The Morgan fingerprint density at radius 1 is 1.17 bits per heavy atom. The minimum Gasteiger partial charge on any atom is -0.491 e. The fraction of sp³-hybridized carbons (Fsp3) is 0.444. The molecule has 1 unspecified atom stereocenters. The van der Waals surface area contributed by atoms with Gasteiger partial charge in [0, 0.05) is 37.1 Å². The van der Waals surface area contributed by atoms with Gasteiger partial charge in [-0.05, 0) is 31.1 Å². The molecular weight excluding hydrogens is 566 g/mol. The highest BCUT2D eigenvalue weighted by Crippen LogP contribution is 2.36. The van der Waals surface area contributed by atoms with E-state index >= 15 is 0 Å². The van der Waals surface area contributed by atoms with Gasteiger partial charge in [-0.25, -0.2) is 22.5 Å². The number of halogens is 4. The van der Waals surface area contributed by atoms with Gasteiger partial charge in [0.15, 0.2) is 0 Å². The number of hydrogen-bond acceptors (Lipinski definition) is 8. The van der Waals surface area contributed by atoms with E-state index in [1.54, 1.807) is 12.0 Å². The number of piperidine rings is 1. The molecule has 1 fully saturated rings. The van der Waals surface area contributed by atoms with Crippen LogP contribution in [0.15, 0.2) is 41.8 Å². The third-order valence-corrected chi connectivity index (χ3v) is 7.95. The Morgan fingerprint density at radius 3 is 2.68 bits per heavy atom. The van der Waals surface area contributed by atoms with Gasteiger partial charge < -0.3 is 14.4 Å². The van der Waals surface area contributed by atoms with E-state index in [-0.39, 0.29) is 12.0 Å². The molecule has 4 heterocycles. The van der Waals surface area contributed by atoms with Crippen LogP contribution in [0.5, 0.6) is 5.75 Å². The van der Waals surface area contributed by atoms with Gasteiger partial charge >= 0.3 is 0 Å². The van der Waals surface area contributed by atoms with Crippen molar-refractivity contribution in [2.24, 2.45) is 0 Å². The molecule has 2 aliphatic rings. The Balaban J connectivity index is 1.18. The van der Waals surface area contributed by atoms with E-state index in [1.165, 1.54) is 11.3 Å². The molecule has 1 saturated heterocycles. The van der Waals surface area contributed by atoms with Crippen LogP contribution in [0.2, 0.25) is 0 Å². The maximum Gasteiger partial charge on any atom is 0.282 e. The Hall–Kier alpha value is -3.49. The zero-order valence-electron chi connectivity index (χ0n) is 22.1. The average molecular weight is 596 g/mol. The summed E-state index contributed by atoms with van der Waals surface area (Å²) in [5.41, 5.74) is 3.87. The number of thiazole rings is 1. The lowest BCUT2D eigenvalue weighted by atomic mass is 9.97. The second-order valence-corrected chi connectivity index (χ2v) is 10.5. The number of aromatic nitrogens is 3. The van der Waals surface area contributed by atoms with Gasteiger partial charge in [0.1, 0.15) is 36.4 Å². The maximum atomic E-state index is 13.3. The number of likely N-dealkylation sites (tertiary alicyclic amines) is 1. The van der Waals surface area contributed by atoms with Crippen LogP contribution in [0, 0.1) is 0 Å². The van der Waals surface area contributed by atoms with Crippen molar-refractivity contribution < 1.29 is 36.7 Å². The summed E-state index contributed by atoms with van der Waals surface area (Å²) < 4.78 is 64.0. The van der Waals surface area contributed by atoms with E-state index < -0.39 is 36.7 Å². The van der Waals surface area contributed by atoms with Crippen molar-refractivity contribution in [3.8, 4) is 5.75 Å². The number of rotatable bonds is 11. The number of ether oxygens (including phenoxy) is 2. The highest BCUT2D eigenvalue weighted by molar-refractivity contribution is 7.09.